The first-order chi connectivity index (χ1) is 16.5. The van der Waals surface area contributed by atoms with Crippen LogP contribution in [-0.4, -0.2) is 49.1 Å². The predicted octanol–water partition coefficient (Wildman–Crippen LogP) is 4.44. The van der Waals surface area contributed by atoms with E-state index in [-0.39, 0.29) is 1.43 Å². The fourth-order valence-electron chi connectivity index (χ4n) is 3.89. The number of carbonyl (C=O) groups is 1. The minimum absolute atomic E-state index is 0. The van der Waals surface area contributed by atoms with E-state index in [4.69, 9.17) is 20.6 Å². The van der Waals surface area contributed by atoms with Gasteiger partial charge in [0.2, 0.25) is 0 Å². The van der Waals surface area contributed by atoms with Crippen LogP contribution in [0.2, 0.25) is 0 Å². The highest BCUT2D eigenvalue weighted by atomic mass is 16.5. The Morgan fingerprint density at radius 3 is 2.79 bits per heavy atom. The van der Waals surface area contributed by atoms with Crippen molar-refractivity contribution in [1.29, 1.82) is 5.41 Å². The molecule has 2 aromatic carbocycles. The van der Waals surface area contributed by atoms with E-state index in [9.17, 15) is 4.79 Å². The smallest absolute Gasteiger partial charge is 0.411 e. The Hall–Kier alpha value is -3.85. The van der Waals surface area contributed by atoms with Crippen LogP contribution in [0.25, 0.3) is 22.2 Å². The molecular weight excluding hydrogens is 432 g/mol. The minimum Gasteiger partial charge on any atom is -0.492 e. The number of aryl methyl sites for hydroxylation is 1. The van der Waals surface area contributed by atoms with Gasteiger partial charge in [-0.2, -0.15) is 0 Å². The van der Waals surface area contributed by atoms with Crippen LogP contribution in [-0.2, 0) is 11.3 Å². The van der Waals surface area contributed by atoms with Crippen LogP contribution < -0.4 is 21.1 Å². The third-order valence-electron chi connectivity index (χ3n) is 5.24. The molecule has 5 N–H and O–H groups in total. The molecule has 182 valence electrons. The van der Waals surface area contributed by atoms with Gasteiger partial charge in [0, 0.05) is 48.5 Å². The van der Waals surface area contributed by atoms with Crippen molar-refractivity contribution in [2.24, 2.45) is 10.7 Å². The lowest BCUT2D eigenvalue weighted by Crippen LogP contribution is -2.21. The van der Waals surface area contributed by atoms with Crippen molar-refractivity contribution in [3.8, 4) is 17.0 Å². The summed E-state index contributed by atoms with van der Waals surface area (Å²) >= 11 is 0. The molecule has 0 spiro atoms. The van der Waals surface area contributed by atoms with Crippen LogP contribution >= 0.6 is 0 Å². The second kappa shape index (κ2) is 11.9. The molecule has 0 bridgehead atoms. The lowest BCUT2D eigenvalue weighted by atomic mass is 10.0. The quantitative estimate of drug-likeness (QED) is 0.189. The molecule has 9 heteroatoms. The maximum absolute atomic E-state index is 11.9. The van der Waals surface area contributed by atoms with Crippen LogP contribution in [0.4, 0.5) is 10.5 Å². The highest BCUT2D eigenvalue weighted by molar-refractivity contribution is 6.14. The van der Waals surface area contributed by atoms with Gasteiger partial charge >= 0.3 is 6.09 Å². The van der Waals surface area contributed by atoms with Crippen LogP contribution in [0.15, 0.2) is 47.5 Å². The summed E-state index contributed by atoms with van der Waals surface area (Å²) in [7, 11) is 0. The van der Waals surface area contributed by atoms with E-state index in [0.717, 1.165) is 33.5 Å². The molecule has 0 aliphatic rings. The zero-order chi connectivity index (χ0) is 24.5. The fraction of sp³-hybridized carbons (Fsp3) is 0.320. The number of nitrogens with one attached hydrogen (secondary N) is 3. The minimum atomic E-state index is -0.495. The van der Waals surface area contributed by atoms with Crippen molar-refractivity contribution in [3.63, 3.8) is 0 Å². The zero-order valence-corrected chi connectivity index (χ0v) is 19.9. The topological polar surface area (TPSA) is 127 Å². The number of aliphatic imine (C=N–C) groups is 1. The Morgan fingerprint density at radius 2 is 2.09 bits per heavy atom. The second-order valence-corrected chi connectivity index (χ2v) is 7.54. The molecule has 0 aliphatic heterocycles. The van der Waals surface area contributed by atoms with Crippen molar-refractivity contribution in [2.45, 2.75) is 27.3 Å². The molecule has 9 nitrogen and oxygen atoms in total. The summed E-state index contributed by atoms with van der Waals surface area (Å²) in [5.41, 5.74) is 10.0. The highest BCUT2D eigenvalue weighted by Crippen LogP contribution is 2.37. The average molecular weight is 467 g/mol. The predicted molar refractivity (Wildman–Crippen MR) is 139 cm³/mol. The number of amides is 1. The van der Waals surface area contributed by atoms with Crippen molar-refractivity contribution in [3.05, 3.63) is 48.0 Å². The van der Waals surface area contributed by atoms with Gasteiger partial charge in [0.25, 0.3) is 0 Å². The lowest BCUT2D eigenvalue weighted by molar-refractivity contribution is 0.168. The summed E-state index contributed by atoms with van der Waals surface area (Å²) in [6.07, 6.45) is 0.772. The molecule has 3 aromatic rings. The number of ether oxygens (including phenoxy) is 2. The summed E-state index contributed by atoms with van der Waals surface area (Å²) in [5, 5.41) is 15.4. The number of aromatic nitrogens is 1. The Kier molecular flexibility index (Phi) is 8.64. The Labute approximate surface area is 200 Å². The summed E-state index contributed by atoms with van der Waals surface area (Å²) in [5.74, 6) is 0.752. The van der Waals surface area contributed by atoms with E-state index in [1.165, 1.54) is 6.34 Å². The fourth-order valence-corrected chi connectivity index (χ4v) is 3.89. The summed E-state index contributed by atoms with van der Waals surface area (Å²) in [6.45, 7) is 8.21. The molecule has 0 radical (unpaired) electrons. The molecule has 0 saturated heterocycles. The number of benzene rings is 2. The number of hydrogen-bond acceptors (Lipinski definition) is 6. The zero-order valence-electron chi connectivity index (χ0n) is 19.9. The van der Waals surface area contributed by atoms with Gasteiger partial charge in [-0.15, -0.1) is 0 Å². The first-order valence-corrected chi connectivity index (χ1v) is 11.3. The molecule has 1 amide bonds. The van der Waals surface area contributed by atoms with E-state index in [1.54, 1.807) is 13.8 Å². The Balaban J connectivity index is 0.00000432. The van der Waals surface area contributed by atoms with Gasteiger partial charge in [-0.1, -0.05) is 12.1 Å². The summed E-state index contributed by atoms with van der Waals surface area (Å²) < 4.78 is 13.1. The van der Waals surface area contributed by atoms with Crippen molar-refractivity contribution < 1.29 is 15.7 Å². The molecular formula is C25H34N6O3. The molecule has 0 aliphatic carbocycles. The second-order valence-electron chi connectivity index (χ2n) is 7.54. The van der Waals surface area contributed by atoms with Crippen molar-refractivity contribution in [2.75, 3.05) is 31.7 Å². The Bertz CT molecular complexity index is 1190. The third kappa shape index (κ3) is 5.74. The maximum Gasteiger partial charge on any atom is 0.411 e. The van der Waals surface area contributed by atoms with Gasteiger partial charge in [0.1, 0.15) is 12.4 Å². The monoisotopic (exact) mass is 466 g/mol. The number of hydrogen-bond donors (Lipinski definition) is 4. The molecule has 0 unspecified atom stereocenters. The number of nitrogens with two attached hydrogens (primary N) is 1. The van der Waals surface area contributed by atoms with Crippen molar-refractivity contribution in [1.82, 2.24) is 9.88 Å². The summed E-state index contributed by atoms with van der Waals surface area (Å²) in [4.78, 5) is 15.8. The van der Waals surface area contributed by atoms with Gasteiger partial charge in [-0.05, 0) is 45.0 Å². The van der Waals surface area contributed by atoms with E-state index in [2.05, 4.69) is 27.1 Å². The number of carbonyl (C=O) groups excluding carboxylic acids is 1. The number of anilines is 1. The molecule has 3 rings (SSSR count). The first-order valence-electron chi connectivity index (χ1n) is 11.3. The van der Waals surface area contributed by atoms with E-state index >= 15 is 0 Å². The molecule has 0 atom stereocenters. The van der Waals surface area contributed by atoms with Crippen LogP contribution in [0, 0.1) is 5.41 Å². The normalized spacial score (nSPS) is 11.1. The number of nitrogens with zero attached hydrogens (tertiary/aromatic N) is 2. The van der Waals surface area contributed by atoms with Gasteiger partial charge < -0.3 is 25.2 Å². The first kappa shape index (κ1) is 24.8. The lowest BCUT2D eigenvalue weighted by Gasteiger charge is -2.12. The third-order valence-corrected chi connectivity index (χ3v) is 5.24. The van der Waals surface area contributed by atoms with Crippen molar-refractivity contribution >= 4 is 34.7 Å². The molecule has 0 saturated carbocycles. The van der Waals surface area contributed by atoms with E-state index in [1.807, 2.05) is 42.5 Å². The van der Waals surface area contributed by atoms with Gasteiger partial charge in [-0.3, -0.25) is 15.6 Å². The standard InChI is InChI=1S/C25H32N6O3.H2/c1-4-31-22-14-20(34-12-11-28-16-29-15-26)9-10-21(22)23(17(3)27)24(31)18-7-6-8-19(13-18)30-25(32)33-5-2;/h6-10,13-15,27-28H,4-5,11-12,16H2,1-3H3,(H2,26,29)(H,30,32);1H. The molecule has 1 heterocycles. The average Bonchev–Trinajstić information content (AvgIpc) is 3.15. The maximum atomic E-state index is 11.9. The highest BCUT2D eigenvalue weighted by Gasteiger charge is 2.20. The van der Waals surface area contributed by atoms with E-state index in [0.29, 0.717) is 44.4 Å². The molecule has 34 heavy (non-hydrogen) atoms. The molecule has 1 aromatic heterocycles. The number of rotatable bonds is 11. The SMILES string of the molecule is CCOC(=O)Nc1cccc(-c2c(C(C)=N)c3ccc(OCCNC/N=C\N)cc3n2CC)c1.[HH]. The van der Waals surface area contributed by atoms with Crippen LogP contribution in [0.5, 0.6) is 5.75 Å². The van der Waals surface area contributed by atoms with Gasteiger partial charge in [-0.25, -0.2) is 4.79 Å². The van der Waals surface area contributed by atoms with Crippen LogP contribution in [0.3, 0.4) is 0 Å². The number of fused-ring (bicyclic) bond motifs is 1. The van der Waals surface area contributed by atoms with E-state index < -0.39 is 6.09 Å². The largest absolute Gasteiger partial charge is 0.492 e. The van der Waals surface area contributed by atoms with Gasteiger partial charge in [0.05, 0.1) is 30.8 Å². The van der Waals surface area contributed by atoms with Gasteiger partial charge in [0.15, 0.2) is 0 Å². The Morgan fingerprint density at radius 1 is 1.26 bits per heavy atom. The summed E-state index contributed by atoms with van der Waals surface area (Å²) in [6, 6.07) is 13.5. The molecule has 0 fully saturated rings. The van der Waals surface area contributed by atoms with Crippen LogP contribution in [0.1, 0.15) is 27.8 Å².